The summed E-state index contributed by atoms with van der Waals surface area (Å²) in [5.41, 5.74) is 1.27. The van der Waals surface area contributed by atoms with Gasteiger partial charge in [0.2, 0.25) is 0 Å². The number of para-hydroxylation sites is 1. The molecule has 0 aliphatic carbocycles. The molecule has 0 saturated heterocycles. The van der Waals surface area contributed by atoms with Gasteiger partial charge < -0.3 is 9.67 Å². The van der Waals surface area contributed by atoms with Gasteiger partial charge in [-0.3, -0.25) is 0 Å². The first-order valence-electron chi connectivity index (χ1n) is 6.16. The molecule has 90 valence electrons. The van der Waals surface area contributed by atoms with Crippen LogP contribution in [0.3, 0.4) is 0 Å². The second kappa shape index (κ2) is 5.69. The molecule has 0 aliphatic rings. The Morgan fingerprint density at radius 1 is 1.29 bits per heavy atom. The van der Waals surface area contributed by atoms with E-state index in [1.54, 1.807) is 0 Å². The van der Waals surface area contributed by atoms with Crippen LogP contribution < -0.4 is 0 Å². The Labute approximate surface area is 102 Å². The molecule has 1 N–H and O–H groups in total. The van der Waals surface area contributed by atoms with Crippen molar-refractivity contribution in [3.05, 3.63) is 48.7 Å². The smallest absolute Gasteiger partial charge is 0.0721 e. The van der Waals surface area contributed by atoms with Gasteiger partial charge >= 0.3 is 0 Å². The number of benzene rings is 1. The average Bonchev–Trinajstić information content (AvgIpc) is 2.73. The Balaban J connectivity index is 1.95. The summed E-state index contributed by atoms with van der Waals surface area (Å²) >= 11 is 0. The van der Waals surface area contributed by atoms with Crippen LogP contribution in [0.4, 0.5) is 0 Å². The van der Waals surface area contributed by atoms with Crippen molar-refractivity contribution in [2.75, 3.05) is 0 Å². The lowest BCUT2D eigenvalue weighted by atomic mass is 10.2. The molecular formula is C15H19NO. The minimum absolute atomic E-state index is 0.304. The van der Waals surface area contributed by atoms with E-state index in [2.05, 4.69) is 41.1 Å². The number of hydrogen-bond acceptors (Lipinski definition) is 1. The van der Waals surface area contributed by atoms with Gasteiger partial charge in [0.25, 0.3) is 0 Å². The van der Waals surface area contributed by atoms with Crippen molar-refractivity contribution >= 4 is 10.9 Å². The summed E-state index contributed by atoms with van der Waals surface area (Å²) in [6.07, 6.45) is 7.36. The molecule has 1 atom stereocenters. The molecule has 2 aromatic rings. The zero-order valence-corrected chi connectivity index (χ0v) is 10.2. The fraction of sp³-hybridized carbons (Fsp3) is 0.333. The SMILES string of the molecule is C/C=C/[C@@H](O)CCCn1ccc2ccccc21. The van der Waals surface area contributed by atoms with Crippen molar-refractivity contribution in [1.29, 1.82) is 0 Å². The lowest BCUT2D eigenvalue weighted by Gasteiger charge is -2.07. The molecule has 2 rings (SSSR count). The number of aliphatic hydroxyl groups excluding tert-OH is 1. The van der Waals surface area contributed by atoms with Crippen molar-refractivity contribution in [2.24, 2.45) is 0 Å². The predicted molar refractivity (Wildman–Crippen MR) is 72.0 cm³/mol. The standard InChI is InChI=1S/C15H19NO/c1-2-6-14(17)8-5-11-16-12-10-13-7-3-4-9-15(13)16/h2-4,6-7,9-10,12,14,17H,5,8,11H2,1H3/b6-2+/t14-/m1/s1. The number of aromatic nitrogens is 1. The highest BCUT2D eigenvalue weighted by atomic mass is 16.3. The van der Waals surface area contributed by atoms with Crippen LogP contribution in [-0.2, 0) is 6.54 Å². The first kappa shape index (κ1) is 11.9. The summed E-state index contributed by atoms with van der Waals surface area (Å²) in [5, 5.41) is 10.9. The van der Waals surface area contributed by atoms with Gasteiger partial charge in [0.1, 0.15) is 0 Å². The number of aliphatic hydroxyl groups is 1. The van der Waals surface area contributed by atoms with Crippen molar-refractivity contribution in [3.8, 4) is 0 Å². The van der Waals surface area contributed by atoms with Crippen molar-refractivity contribution in [3.63, 3.8) is 0 Å². The summed E-state index contributed by atoms with van der Waals surface area (Å²) in [4.78, 5) is 0. The van der Waals surface area contributed by atoms with Gasteiger partial charge in [0, 0.05) is 18.3 Å². The maximum atomic E-state index is 9.60. The molecule has 0 saturated carbocycles. The zero-order valence-electron chi connectivity index (χ0n) is 10.2. The molecular weight excluding hydrogens is 210 g/mol. The van der Waals surface area contributed by atoms with Gasteiger partial charge in [0.05, 0.1) is 6.10 Å². The van der Waals surface area contributed by atoms with Crippen LogP contribution in [0.15, 0.2) is 48.7 Å². The van der Waals surface area contributed by atoms with E-state index in [0.29, 0.717) is 0 Å². The van der Waals surface area contributed by atoms with Gasteiger partial charge in [-0.25, -0.2) is 0 Å². The summed E-state index contributed by atoms with van der Waals surface area (Å²) in [5.74, 6) is 0. The van der Waals surface area contributed by atoms with Gasteiger partial charge in [0.15, 0.2) is 0 Å². The summed E-state index contributed by atoms with van der Waals surface area (Å²) in [6, 6.07) is 10.5. The minimum atomic E-state index is -0.304. The molecule has 1 aromatic carbocycles. The van der Waals surface area contributed by atoms with E-state index in [1.165, 1.54) is 10.9 Å². The van der Waals surface area contributed by atoms with E-state index in [-0.39, 0.29) is 6.10 Å². The normalized spacial score (nSPS) is 13.5. The third-order valence-electron chi connectivity index (χ3n) is 2.99. The average molecular weight is 229 g/mol. The van der Waals surface area contributed by atoms with Crippen LogP contribution >= 0.6 is 0 Å². The molecule has 1 heterocycles. The lowest BCUT2D eigenvalue weighted by molar-refractivity contribution is 0.207. The number of hydrogen-bond donors (Lipinski definition) is 1. The molecule has 2 nitrogen and oxygen atoms in total. The molecule has 2 heteroatoms. The van der Waals surface area contributed by atoms with Crippen molar-refractivity contribution in [1.82, 2.24) is 4.57 Å². The second-order valence-electron chi connectivity index (χ2n) is 4.30. The van der Waals surface area contributed by atoms with Crippen LogP contribution in [0.25, 0.3) is 10.9 Å². The van der Waals surface area contributed by atoms with E-state index >= 15 is 0 Å². The number of allylic oxidation sites excluding steroid dienone is 1. The van der Waals surface area contributed by atoms with E-state index < -0.39 is 0 Å². The summed E-state index contributed by atoms with van der Waals surface area (Å²) < 4.78 is 2.25. The molecule has 1 aromatic heterocycles. The number of nitrogens with zero attached hydrogens (tertiary/aromatic N) is 1. The lowest BCUT2D eigenvalue weighted by Crippen LogP contribution is -2.04. The topological polar surface area (TPSA) is 25.2 Å². The quantitative estimate of drug-likeness (QED) is 0.781. The Hall–Kier alpha value is -1.54. The van der Waals surface area contributed by atoms with Crippen LogP contribution in [0, 0.1) is 0 Å². The maximum absolute atomic E-state index is 9.60. The Morgan fingerprint density at radius 3 is 2.94 bits per heavy atom. The molecule has 0 fully saturated rings. The van der Waals surface area contributed by atoms with Crippen LogP contribution in [0.5, 0.6) is 0 Å². The fourth-order valence-corrected chi connectivity index (χ4v) is 2.12. The van der Waals surface area contributed by atoms with Gasteiger partial charge in [-0.1, -0.05) is 30.4 Å². The molecule has 0 bridgehead atoms. The largest absolute Gasteiger partial charge is 0.389 e. The molecule has 0 radical (unpaired) electrons. The van der Waals surface area contributed by atoms with E-state index in [4.69, 9.17) is 0 Å². The van der Waals surface area contributed by atoms with Gasteiger partial charge in [-0.2, -0.15) is 0 Å². The predicted octanol–water partition coefficient (Wildman–Crippen LogP) is 3.36. The summed E-state index contributed by atoms with van der Waals surface area (Å²) in [7, 11) is 0. The van der Waals surface area contributed by atoms with E-state index in [9.17, 15) is 5.11 Å². The maximum Gasteiger partial charge on any atom is 0.0721 e. The second-order valence-corrected chi connectivity index (χ2v) is 4.30. The Morgan fingerprint density at radius 2 is 2.12 bits per heavy atom. The van der Waals surface area contributed by atoms with Crippen LogP contribution in [0.1, 0.15) is 19.8 Å². The first-order chi connectivity index (χ1) is 8.31. The molecule has 0 unspecified atom stereocenters. The highest BCUT2D eigenvalue weighted by molar-refractivity contribution is 5.79. The number of fused-ring (bicyclic) bond motifs is 1. The van der Waals surface area contributed by atoms with Crippen molar-refractivity contribution < 1.29 is 5.11 Å². The molecule has 0 aliphatic heterocycles. The fourth-order valence-electron chi connectivity index (χ4n) is 2.12. The van der Waals surface area contributed by atoms with Crippen LogP contribution in [-0.4, -0.2) is 15.8 Å². The van der Waals surface area contributed by atoms with Crippen molar-refractivity contribution in [2.45, 2.75) is 32.4 Å². The van der Waals surface area contributed by atoms with Gasteiger partial charge in [-0.15, -0.1) is 0 Å². The third-order valence-corrected chi connectivity index (χ3v) is 2.99. The highest BCUT2D eigenvalue weighted by Gasteiger charge is 2.01. The monoisotopic (exact) mass is 229 g/mol. The minimum Gasteiger partial charge on any atom is -0.389 e. The van der Waals surface area contributed by atoms with E-state index in [0.717, 1.165) is 19.4 Å². The molecule has 0 amide bonds. The molecule has 17 heavy (non-hydrogen) atoms. The summed E-state index contributed by atoms with van der Waals surface area (Å²) in [6.45, 7) is 2.89. The highest BCUT2D eigenvalue weighted by Crippen LogP contribution is 2.16. The number of rotatable bonds is 5. The van der Waals surface area contributed by atoms with E-state index in [1.807, 2.05) is 19.1 Å². The third kappa shape index (κ3) is 2.98. The first-order valence-corrected chi connectivity index (χ1v) is 6.16. The number of aryl methyl sites for hydroxylation is 1. The Bertz CT molecular complexity index is 498. The zero-order chi connectivity index (χ0) is 12.1. The molecule has 0 spiro atoms. The van der Waals surface area contributed by atoms with Gasteiger partial charge in [-0.05, 0) is 37.3 Å². The Kier molecular flexibility index (Phi) is 3.99. The van der Waals surface area contributed by atoms with Crippen LogP contribution in [0.2, 0.25) is 0 Å².